The van der Waals surface area contributed by atoms with Gasteiger partial charge in [-0.05, 0) is 109 Å². The number of rotatable bonds is 5. The number of carbonyl (C=O) groups excluding carboxylic acids is 3. The number of benzene rings is 2. The SMILES string of the molecule is C[C@H]1[C@H](C)CC[C@]2(C(=O)OC3OC(CO)C(O)C(O)C3O)CC[C@]3(C)C(=CC[C@@H]4[C@@]5(C)C[C@H]6OC(=O)c7cc(O)c(O)c(O)c7-c7c(cc(O)c(O)c7O)C(=O)O[C@@H]6C(CO)(CO)[C@@H]5CC[C@]43C)[C@H]12. The molecule has 2 aromatic carbocycles. The number of ether oxygens (including phenoxy) is 4. The molecule has 7 aliphatic rings. The van der Waals surface area contributed by atoms with Crippen molar-refractivity contribution in [1.29, 1.82) is 0 Å². The lowest BCUT2D eigenvalue weighted by Crippen LogP contribution is -2.70. The number of phenolic OH excluding ortho intramolecular Hbond substituents is 6. The van der Waals surface area contributed by atoms with E-state index in [1.165, 1.54) is 0 Å². The smallest absolute Gasteiger partial charge is 0.339 e. The van der Waals surface area contributed by atoms with Gasteiger partial charge in [-0.15, -0.1) is 0 Å². The van der Waals surface area contributed by atoms with E-state index in [9.17, 15) is 75.7 Å². The number of fused-ring (bicyclic) bond motifs is 11. The molecule has 9 rings (SSSR count). The summed E-state index contributed by atoms with van der Waals surface area (Å²) in [5.41, 5.74) is -6.49. The molecule has 19 nitrogen and oxygen atoms in total. The van der Waals surface area contributed by atoms with Crippen LogP contribution in [0, 0.1) is 56.7 Å². The summed E-state index contributed by atoms with van der Waals surface area (Å²) in [6.45, 7) is 8.52. The fraction of sp³-hybridized carbons (Fsp3) is 0.660. The van der Waals surface area contributed by atoms with E-state index in [0.717, 1.165) is 17.7 Å². The average molecular weight is 969 g/mol. The van der Waals surface area contributed by atoms with Crippen LogP contribution < -0.4 is 0 Å². The van der Waals surface area contributed by atoms with Gasteiger partial charge >= 0.3 is 17.9 Å². The molecule has 5 unspecified atom stereocenters. The molecule has 0 amide bonds. The third-order valence-corrected chi connectivity index (χ3v) is 19.3. The van der Waals surface area contributed by atoms with E-state index in [0.29, 0.717) is 44.9 Å². The molecule has 1 saturated heterocycles. The molecule has 378 valence electrons. The molecule has 4 saturated carbocycles. The maximum Gasteiger partial charge on any atom is 0.339 e. The Morgan fingerprint density at radius 3 is 1.91 bits per heavy atom. The van der Waals surface area contributed by atoms with E-state index in [2.05, 4.69) is 33.8 Å². The maximum absolute atomic E-state index is 14.8. The average Bonchev–Trinajstić information content (AvgIpc) is 3.31. The molecule has 69 heavy (non-hydrogen) atoms. The van der Waals surface area contributed by atoms with Crippen LogP contribution in [0.2, 0.25) is 0 Å². The molecule has 12 N–H and O–H groups in total. The van der Waals surface area contributed by atoms with E-state index in [-0.39, 0.29) is 30.1 Å². The second-order valence-electron chi connectivity index (χ2n) is 22.0. The van der Waals surface area contributed by atoms with Crippen molar-refractivity contribution in [3.05, 3.63) is 34.9 Å². The number of aliphatic hydroxyl groups excluding tert-OH is 6. The van der Waals surface area contributed by atoms with Crippen LogP contribution in [-0.2, 0) is 23.7 Å². The van der Waals surface area contributed by atoms with E-state index < -0.39 is 170 Å². The summed E-state index contributed by atoms with van der Waals surface area (Å²) in [6.07, 6.45) is -5.36. The van der Waals surface area contributed by atoms with Crippen LogP contribution in [0.1, 0.15) is 107 Å². The van der Waals surface area contributed by atoms with Gasteiger partial charge in [0.2, 0.25) is 17.8 Å². The second kappa shape index (κ2) is 16.6. The largest absolute Gasteiger partial charge is 0.504 e. The number of carbonyl (C=O) groups is 3. The fourth-order valence-electron chi connectivity index (χ4n) is 15.2. The number of aliphatic hydroxyl groups is 6. The monoisotopic (exact) mass is 968 g/mol. The molecule has 19 heteroatoms. The van der Waals surface area contributed by atoms with Gasteiger partial charge in [-0.1, -0.05) is 46.3 Å². The van der Waals surface area contributed by atoms with Crippen molar-refractivity contribution >= 4 is 17.9 Å². The summed E-state index contributed by atoms with van der Waals surface area (Å²) in [4.78, 5) is 43.9. The fourth-order valence-corrected chi connectivity index (χ4v) is 15.2. The highest BCUT2D eigenvalue weighted by atomic mass is 16.7. The van der Waals surface area contributed by atoms with E-state index in [4.69, 9.17) is 18.9 Å². The Hall–Kier alpha value is -4.89. The maximum atomic E-state index is 14.8. The van der Waals surface area contributed by atoms with E-state index in [1.807, 2.05) is 6.92 Å². The van der Waals surface area contributed by atoms with Gasteiger partial charge in [0.15, 0.2) is 23.0 Å². The molecule has 5 aliphatic carbocycles. The molecule has 2 aliphatic heterocycles. The van der Waals surface area contributed by atoms with Gasteiger partial charge < -0.3 is 80.2 Å². The van der Waals surface area contributed by atoms with Crippen molar-refractivity contribution in [2.45, 2.75) is 129 Å². The van der Waals surface area contributed by atoms with E-state index in [1.54, 1.807) is 0 Å². The Bertz CT molecular complexity index is 2480. The van der Waals surface area contributed by atoms with Gasteiger partial charge in [0.1, 0.15) is 36.6 Å². The topological polar surface area (TPSA) is 331 Å². The third kappa shape index (κ3) is 6.59. The predicted molar refractivity (Wildman–Crippen MR) is 237 cm³/mol. The van der Waals surface area contributed by atoms with Gasteiger partial charge in [0.05, 0.1) is 41.8 Å². The number of hydrogen-bond donors (Lipinski definition) is 12. The molecule has 0 spiro atoms. The zero-order valence-corrected chi connectivity index (χ0v) is 39.2. The van der Waals surface area contributed by atoms with Gasteiger partial charge in [0, 0.05) is 11.1 Å². The Balaban J connectivity index is 1.13. The van der Waals surface area contributed by atoms with Gasteiger partial charge in [-0.3, -0.25) is 4.79 Å². The van der Waals surface area contributed by atoms with Crippen LogP contribution in [0.4, 0.5) is 0 Å². The first-order valence-electron chi connectivity index (χ1n) is 23.8. The van der Waals surface area contributed by atoms with E-state index >= 15 is 0 Å². The number of phenols is 6. The molecular formula is C50H64O19. The third-order valence-electron chi connectivity index (χ3n) is 19.3. The van der Waals surface area contributed by atoms with Crippen LogP contribution in [-0.4, -0.2) is 142 Å². The molecule has 0 radical (unpaired) electrons. The molecule has 5 fully saturated rings. The van der Waals surface area contributed by atoms with Gasteiger partial charge in [-0.2, -0.15) is 0 Å². The van der Waals surface area contributed by atoms with Crippen molar-refractivity contribution in [3.63, 3.8) is 0 Å². The molecule has 2 heterocycles. The highest BCUT2D eigenvalue weighted by molar-refractivity contribution is 6.08. The minimum absolute atomic E-state index is 0.0131. The van der Waals surface area contributed by atoms with Crippen molar-refractivity contribution in [1.82, 2.24) is 0 Å². The number of allylic oxidation sites excluding steroid dienone is 2. The van der Waals surface area contributed by atoms with Gasteiger partial charge in [-0.25, -0.2) is 9.59 Å². The lowest BCUT2D eigenvalue weighted by atomic mass is 9.33. The molecule has 0 aromatic heterocycles. The van der Waals surface area contributed by atoms with Crippen LogP contribution in [0.25, 0.3) is 11.1 Å². The Labute approximate surface area is 397 Å². The first-order chi connectivity index (χ1) is 32.4. The van der Waals surface area contributed by atoms with Crippen LogP contribution in [0.3, 0.4) is 0 Å². The Morgan fingerprint density at radius 1 is 0.739 bits per heavy atom. The van der Waals surface area contributed by atoms with Crippen molar-refractivity contribution < 1.29 is 94.6 Å². The number of aromatic hydroxyl groups is 6. The predicted octanol–water partition coefficient (Wildman–Crippen LogP) is 3.21. The van der Waals surface area contributed by atoms with Crippen LogP contribution in [0.15, 0.2) is 23.8 Å². The van der Waals surface area contributed by atoms with Crippen LogP contribution >= 0.6 is 0 Å². The summed E-state index contributed by atoms with van der Waals surface area (Å²) in [7, 11) is 0. The zero-order chi connectivity index (χ0) is 50.2. The lowest BCUT2D eigenvalue weighted by Gasteiger charge is -2.72. The Kier molecular flexibility index (Phi) is 11.8. The Morgan fingerprint density at radius 2 is 1.33 bits per heavy atom. The number of hydrogen-bond acceptors (Lipinski definition) is 19. The summed E-state index contributed by atoms with van der Waals surface area (Å²) in [5, 5.41) is 130. The standard InChI is InChI=1S/C50H64O19/c1-20-8-11-49(45(65)69-44-40(62)39(61)36(58)28(17-51)67-44)13-12-47(4)24(33(49)21(20)2)6-7-29-46(3)16-27-41(50(18-52,19-53)30(46)9-10-48(29,47)5)68-43(64)23-15-26(55)35(57)38(60)32(23)31-22(42(63)66-27)14-25(54)34(56)37(31)59/h6,14-15,20-21,27-30,33,36,39-41,44,51-62H,7-13,16-19H2,1-5H3/t20-,21+,27-,28?,29-,30-,33+,36?,39?,40?,41+,44?,46-,47-,48-,49+/m1/s1. The summed E-state index contributed by atoms with van der Waals surface area (Å²) < 4.78 is 24.0. The first kappa shape index (κ1) is 49.1. The number of esters is 3. The molecular weight excluding hydrogens is 905 g/mol. The lowest BCUT2D eigenvalue weighted by molar-refractivity contribution is -0.298. The summed E-state index contributed by atoms with van der Waals surface area (Å²) >= 11 is 0. The quantitative estimate of drug-likeness (QED) is 0.0886. The highest BCUT2D eigenvalue weighted by Crippen LogP contribution is 2.76. The molecule has 16 atom stereocenters. The van der Waals surface area contributed by atoms with Gasteiger partial charge in [0.25, 0.3) is 0 Å². The molecule has 0 bridgehead atoms. The normalized spacial score (nSPS) is 41.2. The van der Waals surface area contributed by atoms with Crippen LogP contribution in [0.5, 0.6) is 34.5 Å². The second-order valence-corrected chi connectivity index (χ2v) is 22.0. The molecule has 2 aromatic rings. The van der Waals surface area contributed by atoms with Crippen molar-refractivity contribution in [2.24, 2.45) is 56.7 Å². The van der Waals surface area contributed by atoms with Crippen molar-refractivity contribution in [3.8, 4) is 45.6 Å². The minimum Gasteiger partial charge on any atom is -0.504 e. The first-order valence-corrected chi connectivity index (χ1v) is 23.8. The highest BCUT2D eigenvalue weighted by Gasteiger charge is 2.73. The minimum atomic E-state index is -1.77. The summed E-state index contributed by atoms with van der Waals surface area (Å²) in [5.74, 6) is -10.7. The summed E-state index contributed by atoms with van der Waals surface area (Å²) in [6, 6.07) is 1.48. The zero-order valence-electron chi connectivity index (χ0n) is 39.2. The van der Waals surface area contributed by atoms with Crippen molar-refractivity contribution in [2.75, 3.05) is 19.8 Å².